The molecule has 110 valence electrons. The van der Waals surface area contributed by atoms with Gasteiger partial charge in [-0.25, -0.2) is 4.79 Å². The lowest BCUT2D eigenvalue weighted by molar-refractivity contribution is -0.143. The van der Waals surface area contributed by atoms with Crippen LogP contribution in [-0.2, 0) is 14.3 Å². The third-order valence-electron chi connectivity index (χ3n) is 2.60. The van der Waals surface area contributed by atoms with Gasteiger partial charge in [0.05, 0.1) is 6.61 Å². The SMILES string of the molecule is CCOC(=O)CN(C)C(=O)NCC(CC)CC(=O)O. The number of hydrogen-bond acceptors (Lipinski definition) is 4. The highest BCUT2D eigenvalue weighted by atomic mass is 16.5. The van der Waals surface area contributed by atoms with Crippen molar-refractivity contribution in [2.75, 3.05) is 26.7 Å². The number of esters is 1. The largest absolute Gasteiger partial charge is 0.481 e. The first-order chi connectivity index (χ1) is 8.90. The van der Waals surface area contributed by atoms with Gasteiger partial charge >= 0.3 is 18.0 Å². The van der Waals surface area contributed by atoms with Gasteiger partial charge in [0.2, 0.25) is 0 Å². The van der Waals surface area contributed by atoms with Crippen molar-refractivity contribution in [2.24, 2.45) is 5.92 Å². The summed E-state index contributed by atoms with van der Waals surface area (Å²) in [5.74, 6) is -1.48. The number of carbonyl (C=O) groups excluding carboxylic acids is 2. The highest BCUT2D eigenvalue weighted by Gasteiger charge is 2.16. The van der Waals surface area contributed by atoms with E-state index >= 15 is 0 Å². The number of hydrogen-bond donors (Lipinski definition) is 2. The summed E-state index contributed by atoms with van der Waals surface area (Å²) < 4.78 is 4.72. The van der Waals surface area contributed by atoms with Crippen molar-refractivity contribution in [1.82, 2.24) is 10.2 Å². The standard InChI is InChI=1S/C12H22N2O5/c1-4-9(6-10(15)16)7-13-12(18)14(3)8-11(17)19-5-2/h9H,4-8H2,1-3H3,(H,13,18)(H,15,16). The monoisotopic (exact) mass is 274 g/mol. The molecule has 1 unspecified atom stereocenters. The average Bonchev–Trinajstić information content (AvgIpc) is 2.33. The van der Waals surface area contributed by atoms with Gasteiger partial charge in [0, 0.05) is 20.0 Å². The lowest BCUT2D eigenvalue weighted by atomic mass is 10.0. The van der Waals surface area contributed by atoms with E-state index in [9.17, 15) is 14.4 Å². The van der Waals surface area contributed by atoms with Crippen LogP contribution in [0.2, 0.25) is 0 Å². The van der Waals surface area contributed by atoms with E-state index in [1.165, 1.54) is 11.9 Å². The number of carbonyl (C=O) groups is 3. The van der Waals surface area contributed by atoms with E-state index in [1.807, 2.05) is 6.92 Å². The molecule has 0 heterocycles. The van der Waals surface area contributed by atoms with Crippen molar-refractivity contribution in [3.8, 4) is 0 Å². The molecule has 0 aromatic rings. The fourth-order valence-corrected chi connectivity index (χ4v) is 1.45. The van der Waals surface area contributed by atoms with E-state index in [0.717, 1.165) is 0 Å². The third kappa shape index (κ3) is 8.01. The molecule has 0 aliphatic rings. The zero-order chi connectivity index (χ0) is 14.8. The quantitative estimate of drug-likeness (QED) is 0.635. The van der Waals surface area contributed by atoms with Gasteiger partial charge < -0.3 is 20.1 Å². The van der Waals surface area contributed by atoms with Gasteiger partial charge in [-0.3, -0.25) is 9.59 Å². The molecule has 0 saturated carbocycles. The number of likely N-dealkylation sites (N-methyl/N-ethyl adjacent to an activating group) is 1. The Kier molecular flexibility index (Phi) is 8.32. The van der Waals surface area contributed by atoms with Crippen molar-refractivity contribution in [3.05, 3.63) is 0 Å². The normalized spacial score (nSPS) is 11.5. The fraction of sp³-hybridized carbons (Fsp3) is 0.750. The van der Waals surface area contributed by atoms with Gasteiger partial charge in [-0.05, 0) is 12.8 Å². The molecule has 7 heteroatoms. The summed E-state index contributed by atoms with van der Waals surface area (Å²) in [4.78, 5) is 34.6. The van der Waals surface area contributed by atoms with Crippen LogP contribution < -0.4 is 5.32 Å². The second-order valence-corrected chi connectivity index (χ2v) is 4.22. The van der Waals surface area contributed by atoms with Gasteiger partial charge in [-0.1, -0.05) is 13.3 Å². The minimum absolute atomic E-state index is 0.0123. The third-order valence-corrected chi connectivity index (χ3v) is 2.60. The molecular weight excluding hydrogens is 252 g/mol. The number of nitrogens with zero attached hydrogens (tertiary/aromatic N) is 1. The smallest absolute Gasteiger partial charge is 0.325 e. The molecule has 0 aliphatic heterocycles. The molecule has 0 aromatic carbocycles. The number of nitrogens with one attached hydrogen (secondary N) is 1. The summed E-state index contributed by atoms with van der Waals surface area (Å²) in [6, 6.07) is -0.420. The summed E-state index contributed by atoms with van der Waals surface area (Å²) in [5, 5.41) is 11.3. The molecule has 0 spiro atoms. The van der Waals surface area contributed by atoms with Crippen LogP contribution in [0, 0.1) is 5.92 Å². The van der Waals surface area contributed by atoms with Crippen LogP contribution in [0.1, 0.15) is 26.7 Å². The van der Waals surface area contributed by atoms with Gasteiger partial charge in [0.1, 0.15) is 6.54 Å². The Hall–Kier alpha value is -1.79. The predicted octanol–water partition coefficient (Wildman–Crippen LogP) is 0.692. The number of ether oxygens (including phenoxy) is 1. The molecular formula is C12H22N2O5. The maximum Gasteiger partial charge on any atom is 0.325 e. The summed E-state index contributed by atoms with van der Waals surface area (Å²) in [5.41, 5.74) is 0. The number of urea groups is 1. The highest BCUT2D eigenvalue weighted by molar-refractivity contribution is 5.80. The molecule has 1 atom stereocenters. The minimum Gasteiger partial charge on any atom is -0.481 e. The Balaban J connectivity index is 4.07. The Morgan fingerprint density at radius 3 is 2.42 bits per heavy atom. The Morgan fingerprint density at radius 1 is 1.32 bits per heavy atom. The van der Waals surface area contributed by atoms with Crippen LogP contribution in [0.25, 0.3) is 0 Å². The maximum atomic E-state index is 11.6. The minimum atomic E-state index is -0.888. The topological polar surface area (TPSA) is 95.9 Å². The summed E-state index contributed by atoms with van der Waals surface area (Å²) in [6.45, 7) is 3.97. The molecule has 7 nitrogen and oxygen atoms in total. The number of carboxylic acid groups (broad SMARTS) is 1. The molecule has 0 aromatic heterocycles. The second kappa shape index (κ2) is 9.18. The number of carboxylic acids is 1. The zero-order valence-corrected chi connectivity index (χ0v) is 11.6. The molecule has 0 rings (SSSR count). The molecule has 19 heavy (non-hydrogen) atoms. The first-order valence-electron chi connectivity index (χ1n) is 6.27. The van der Waals surface area contributed by atoms with Crippen molar-refractivity contribution >= 4 is 18.0 Å². The van der Waals surface area contributed by atoms with Crippen LogP contribution in [-0.4, -0.2) is 54.7 Å². The molecule has 2 amide bonds. The van der Waals surface area contributed by atoms with Crippen LogP contribution >= 0.6 is 0 Å². The highest BCUT2D eigenvalue weighted by Crippen LogP contribution is 2.06. The fourth-order valence-electron chi connectivity index (χ4n) is 1.45. The van der Waals surface area contributed by atoms with Crippen LogP contribution in [0.3, 0.4) is 0 Å². The summed E-state index contributed by atoms with van der Waals surface area (Å²) in [7, 11) is 1.48. The van der Waals surface area contributed by atoms with E-state index in [0.29, 0.717) is 6.42 Å². The van der Waals surface area contributed by atoms with Crippen molar-refractivity contribution in [2.45, 2.75) is 26.7 Å². The van der Waals surface area contributed by atoms with Crippen LogP contribution in [0.4, 0.5) is 4.79 Å². The Labute approximate surface area is 112 Å². The molecule has 0 fully saturated rings. The van der Waals surface area contributed by atoms with E-state index < -0.39 is 18.0 Å². The Bertz CT molecular complexity index is 319. The molecule has 0 radical (unpaired) electrons. The van der Waals surface area contributed by atoms with Gasteiger partial charge in [0.25, 0.3) is 0 Å². The molecule has 0 aliphatic carbocycles. The van der Waals surface area contributed by atoms with Gasteiger partial charge in [0.15, 0.2) is 0 Å². The van der Waals surface area contributed by atoms with Crippen molar-refractivity contribution < 1.29 is 24.2 Å². The van der Waals surface area contributed by atoms with E-state index in [-0.39, 0.29) is 32.0 Å². The zero-order valence-electron chi connectivity index (χ0n) is 11.6. The summed E-state index contributed by atoms with van der Waals surface area (Å²) in [6.07, 6.45) is 0.673. The van der Waals surface area contributed by atoms with Crippen molar-refractivity contribution in [3.63, 3.8) is 0 Å². The van der Waals surface area contributed by atoms with Gasteiger partial charge in [-0.2, -0.15) is 0 Å². The number of rotatable bonds is 8. The first kappa shape index (κ1) is 17.2. The summed E-state index contributed by atoms with van der Waals surface area (Å²) >= 11 is 0. The van der Waals surface area contributed by atoms with E-state index in [4.69, 9.17) is 9.84 Å². The average molecular weight is 274 g/mol. The predicted molar refractivity (Wildman–Crippen MR) is 68.7 cm³/mol. The maximum absolute atomic E-state index is 11.6. The van der Waals surface area contributed by atoms with Crippen LogP contribution in [0.5, 0.6) is 0 Å². The van der Waals surface area contributed by atoms with Crippen LogP contribution in [0.15, 0.2) is 0 Å². The molecule has 0 bridgehead atoms. The first-order valence-corrected chi connectivity index (χ1v) is 6.27. The lowest BCUT2D eigenvalue weighted by Gasteiger charge is -2.19. The molecule has 2 N–H and O–H groups in total. The second-order valence-electron chi connectivity index (χ2n) is 4.22. The molecule has 0 saturated heterocycles. The van der Waals surface area contributed by atoms with E-state index in [2.05, 4.69) is 5.32 Å². The number of amides is 2. The van der Waals surface area contributed by atoms with Crippen molar-refractivity contribution in [1.29, 1.82) is 0 Å². The lowest BCUT2D eigenvalue weighted by Crippen LogP contribution is -2.42. The number of aliphatic carboxylic acids is 1. The Morgan fingerprint density at radius 2 is 1.95 bits per heavy atom. The van der Waals surface area contributed by atoms with E-state index in [1.54, 1.807) is 6.92 Å². The van der Waals surface area contributed by atoms with Gasteiger partial charge in [-0.15, -0.1) is 0 Å².